The summed E-state index contributed by atoms with van der Waals surface area (Å²) < 4.78 is 10.0. The molecule has 0 aliphatic heterocycles. The minimum absolute atomic E-state index is 0.306. The van der Waals surface area contributed by atoms with Crippen LogP contribution in [0, 0.1) is 11.3 Å². The van der Waals surface area contributed by atoms with Gasteiger partial charge in [-0.3, -0.25) is 0 Å². The van der Waals surface area contributed by atoms with Crippen LogP contribution >= 0.6 is 0 Å². The number of nitriles is 1. The highest BCUT2D eigenvalue weighted by atomic mass is 16.5. The molecule has 7 nitrogen and oxygen atoms in total. The fraction of sp³-hybridized carbons (Fsp3) is 0.154. The number of benzene rings is 3. The van der Waals surface area contributed by atoms with Crippen LogP contribution < -0.4 is 5.32 Å². The maximum atomic E-state index is 11.9. The quantitative estimate of drug-likeness (QED) is 0.311. The first-order chi connectivity index (χ1) is 16.0. The molecule has 0 saturated heterocycles. The van der Waals surface area contributed by atoms with E-state index in [1.165, 1.54) is 0 Å². The van der Waals surface area contributed by atoms with E-state index in [0.29, 0.717) is 47.1 Å². The summed E-state index contributed by atoms with van der Waals surface area (Å²) in [5.74, 6) is -0.237. The van der Waals surface area contributed by atoms with Crippen LogP contribution in [0.1, 0.15) is 45.7 Å². The SMILES string of the molecule is CCOC(=O)c1ccc(/N=C(/Nc2ccc(C(=O)OCC)cc2)c2ccc(C#N)cc2)cc1. The second kappa shape index (κ2) is 11.3. The number of ether oxygens (including phenoxy) is 2. The van der Waals surface area contributed by atoms with Gasteiger partial charge in [-0.05, 0) is 86.6 Å². The molecule has 1 N–H and O–H groups in total. The van der Waals surface area contributed by atoms with Crippen molar-refractivity contribution < 1.29 is 19.1 Å². The number of hydrogen-bond acceptors (Lipinski definition) is 6. The summed E-state index contributed by atoms with van der Waals surface area (Å²) in [4.78, 5) is 28.5. The van der Waals surface area contributed by atoms with E-state index in [4.69, 9.17) is 19.7 Å². The number of esters is 2. The Balaban J connectivity index is 1.90. The van der Waals surface area contributed by atoms with Gasteiger partial charge < -0.3 is 14.8 Å². The van der Waals surface area contributed by atoms with Crippen LogP contribution in [0.5, 0.6) is 0 Å². The highest BCUT2D eigenvalue weighted by Gasteiger charge is 2.10. The van der Waals surface area contributed by atoms with Crippen LogP contribution in [0.4, 0.5) is 11.4 Å². The van der Waals surface area contributed by atoms with Crippen molar-refractivity contribution in [1.82, 2.24) is 0 Å². The Hall–Kier alpha value is -4.44. The van der Waals surface area contributed by atoms with E-state index in [9.17, 15) is 9.59 Å². The predicted molar refractivity (Wildman–Crippen MR) is 126 cm³/mol. The molecule has 7 heteroatoms. The van der Waals surface area contributed by atoms with Gasteiger partial charge in [0, 0.05) is 11.3 Å². The van der Waals surface area contributed by atoms with Gasteiger partial charge in [0.1, 0.15) is 5.84 Å². The summed E-state index contributed by atoms with van der Waals surface area (Å²) in [5, 5.41) is 12.3. The molecule has 3 rings (SSSR count). The molecular formula is C26H23N3O4. The van der Waals surface area contributed by atoms with E-state index in [1.807, 2.05) is 0 Å². The first-order valence-corrected chi connectivity index (χ1v) is 10.4. The number of carbonyl (C=O) groups excluding carboxylic acids is 2. The van der Waals surface area contributed by atoms with Gasteiger partial charge >= 0.3 is 11.9 Å². The third-order valence-corrected chi connectivity index (χ3v) is 4.57. The number of nitrogens with one attached hydrogen (secondary N) is 1. The Labute approximate surface area is 192 Å². The van der Waals surface area contributed by atoms with Crippen LogP contribution in [0.25, 0.3) is 0 Å². The zero-order chi connectivity index (χ0) is 23.6. The average molecular weight is 441 g/mol. The Morgan fingerprint density at radius 2 is 1.27 bits per heavy atom. The van der Waals surface area contributed by atoms with Crippen molar-refractivity contribution in [2.24, 2.45) is 4.99 Å². The summed E-state index contributed by atoms with van der Waals surface area (Å²) >= 11 is 0. The molecule has 0 saturated carbocycles. The van der Waals surface area contributed by atoms with Gasteiger partial charge in [0.15, 0.2) is 0 Å². The topological polar surface area (TPSA) is 101 Å². The normalized spacial score (nSPS) is 10.8. The van der Waals surface area contributed by atoms with Crippen molar-refractivity contribution in [3.8, 4) is 6.07 Å². The van der Waals surface area contributed by atoms with Gasteiger partial charge in [0.05, 0.1) is 41.7 Å². The highest BCUT2D eigenvalue weighted by molar-refractivity contribution is 6.09. The fourth-order valence-corrected chi connectivity index (χ4v) is 2.92. The maximum Gasteiger partial charge on any atom is 0.338 e. The minimum Gasteiger partial charge on any atom is -0.462 e. The molecule has 0 aliphatic carbocycles. The molecule has 0 atom stereocenters. The lowest BCUT2D eigenvalue weighted by atomic mass is 10.1. The van der Waals surface area contributed by atoms with Gasteiger partial charge in [-0.1, -0.05) is 0 Å². The van der Waals surface area contributed by atoms with Gasteiger partial charge in [-0.2, -0.15) is 5.26 Å². The van der Waals surface area contributed by atoms with Crippen LogP contribution in [0.3, 0.4) is 0 Å². The monoisotopic (exact) mass is 441 g/mol. The van der Waals surface area contributed by atoms with Gasteiger partial charge in [0.2, 0.25) is 0 Å². The summed E-state index contributed by atoms with van der Waals surface area (Å²) in [6, 6.07) is 22.7. The molecule has 0 bridgehead atoms. The second-order valence-electron chi connectivity index (χ2n) is 6.84. The molecular weight excluding hydrogens is 418 g/mol. The lowest BCUT2D eigenvalue weighted by molar-refractivity contribution is 0.0517. The lowest BCUT2D eigenvalue weighted by Gasteiger charge is -2.12. The first kappa shape index (κ1) is 23.2. The number of nitrogens with zero attached hydrogens (tertiary/aromatic N) is 2. The molecule has 0 fully saturated rings. The third-order valence-electron chi connectivity index (χ3n) is 4.57. The van der Waals surface area contributed by atoms with Gasteiger partial charge in [-0.25, -0.2) is 14.6 Å². The molecule has 0 aliphatic rings. The number of aliphatic imine (C=N–C) groups is 1. The molecule has 0 aromatic heterocycles. The molecule has 166 valence electrons. The van der Waals surface area contributed by atoms with Crippen LogP contribution in [0.15, 0.2) is 77.8 Å². The van der Waals surface area contributed by atoms with E-state index < -0.39 is 0 Å². The van der Waals surface area contributed by atoms with Gasteiger partial charge in [-0.15, -0.1) is 0 Å². The smallest absolute Gasteiger partial charge is 0.338 e. The number of anilines is 1. The second-order valence-corrected chi connectivity index (χ2v) is 6.84. The van der Waals surface area contributed by atoms with E-state index in [2.05, 4.69) is 11.4 Å². The number of carbonyl (C=O) groups is 2. The number of hydrogen-bond donors (Lipinski definition) is 1. The third kappa shape index (κ3) is 6.28. The summed E-state index contributed by atoms with van der Waals surface area (Å²) in [7, 11) is 0. The average Bonchev–Trinajstić information content (AvgIpc) is 2.85. The van der Waals surface area contributed by atoms with Crippen molar-refractivity contribution in [2.75, 3.05) is 18.5 Å². The lowest BCUT2D eigenvalue weighted by Crippen LogP contribution is -2.14. The van der Waals surface area contributed by atoms with Crippen LogP contribution in [0.2, 0.25) is 0 Å². The molecule has 0 spiro atoms. The first-order valence-electron chi connectivity index (χ1n) is 10.4. The van der Waals surface area contributed by atoms with E-state index in [1.54, 1.807) is 86.6 Å². The zero-order valence-electron chi connectivity index (χ0n) is 18.4. The zero-order valence-corrected chi connectivity index (χ0v) is 18.4. The van der Waals surface area contributed by atoms with Crippen molar-refractivity contribution >= 4 is 29.1 Å². The van der Waals surface area contributed by atoms with Crippen molar-refractivity contribution in [3.63, 3.8) is 0 Å². The Kier molecular flexibility index (Phi) is 7.92. The molecule has 3 aromatic carbocycles. The fourth-order valence-electron chi connectivity index (χ4n) is 2.92. The molecule has 33 heavy (non-hydrogen) atoms. The molecule has 0 radical (unpaired) electrons. The summed E-state index contributed by atoms with van der Waals surface area (Å²) in [6.07, 6.45) is 0. The number of amidine groups is 1. The van der Waals surface area contributed by atoms with Crippen LogP contribution in [-0.2, 0) is 9.47 Å². The Bertz CT molecular complexity index is 1180. The minimum atomic E-state index is -0.389. The van der Waals surface area contributed by atoms with E-state index in [-0.39, 0.29) is 11.9 Å². The van der Waals surface area contributed by atoms with E-state index in [0.717, 1.165) is 5.56 Å². The highest BCUT2D eigenvalue weighted by Crippen LogP contribution is 2.19. The summed E-state index contributed by atoms with van der Waals surface area (Å²) in [5.41, 5.74) is 3.54. The molecule has 0 amide bonds. The van der Waals surface area contributed by atoms with Crippen molar-refractivity contribution in [3.05, 3.63) is 95.1 Å². The predicted octanol–water partition coefficient (Wildman–Crippen LogP) is 5.10. The standard InChI is InChI=1S/C26H23N3O4/c1-3-32-25(30)20-9-13-22(14-10-20)28-24(19-7-5-18(17-27)6-8-19)29-23-15-11-21(12-16-23)26(31)33-4-2/h5-16H,3-4H2,1-2H3,(H,28,29). The molecule has 0 heterocycles. The maximum absolute atomic E-state index is 11.9. The Morgan fingerprint density at radius 1 is 0.788 bits per heavy atom. The van der Waals surface area contributed by atoms with Gasteiger partial charge in [0.25, 0.3) is 0 Å². The molecule has 3 aromatic rings. The van der Waals surface area contributed by atoms with E-state index >= 15 is 0 Å². The number of rotatable bonds is 7. The Morgan fingerprint density at radius 3 is 1.76 bits per heavy atom. The van der Waals surface area contributed by atoms with Crippen molar-refractivity contribution in [2.45, 2.75) is 13.8 Å². The van der Waals surface area contributed by atoms with Crippen molar-refractivity contribution in [1.29, 1.82) is 5.26 Å². The van der Waals surface area contributed by atoms with Crippen LogP contribution in [-0.4, -0.2) is 31.0 Å². The largest absolute Gasteiger partial charge is 0.462 e. The molecule has 0 unspecified atom stereocenters. The summed E-state index contributed by atoms with van der Waals surface area (Å²) in [6.45, 7) is 4.13.